The van der Waals surface area contributed by atoms with Gasteiger partial charge in [-0.1, -0.05) is 6.92 Å². The fourth-order valence-corrected chi connectivity index (χ4v) is 2.10. The summed E-state index contributed by atoms with van der Waals surface area (Å²) in [6.07, 6.45) is 0.908. The van der Waals surface area contributed by atoms with E-state index in [2.05, 4.69) is 21.2 Å². The SMILES string of the molecule is CCCOc1c(Br)cc(C(=O)NC(C)C)cc1OC. The predicted octanol–water partition coefficient (Wildman–Crippen LogP) is 3.38. The zero-order valence-electron chi connectivity index (χ0n) is 11.7. The van der Waals surface area contributed by atoms with Gasteiger partial charge in [-0.05, 0) is 48.3 Å². The van der Waals surface area contributed by atoms with E-state index < -0.39 is 0 Å². The molecule has 0 radical (unpaired) electrons. The van der Waals surface area contributed by atoms with Gasteiger partial charge < -0.3 is 14.8 Å². The van der Waals surface area contributed by atoms with Crippen molar-refractivity contribution in [1.82, 2.24) is 5.32 Å². The molecule has 0 fully saturated rings. The van der Waals surface area contributed by atoms with Crippen LogP contribution in [0.15, 0.2) is 16.6 Å². The molecule has 0 aliphatic rings. The number of carbonyl (C=O) groups is 1. The van der Waals surface area contributed by atoms with E-state index in [4.69, 9.17) is 9.47 Å². The van der Waals surface area contributed by atoms with E-state index in [-0.39, 0.29) is 11.9 Å². The Morgan fingerprint density at radius 3 is 2.63 bits per heavy atom. The first-order valence-electron chi connectivity index (χ1n) is 6.30. The molecule has 5 heteroatoms. The molecule has 0 bridgehead atoms. The first-order chi connectivity index (χ1) is 8.99. The summed E-state index contributed by atoms with van der Waals surface area (Å²) in [5.41, 5.74) is 0.543. The van der Waals surface area contributed by atoms with Gasteiger partial charge in [0.1, 0.15) is 0 Å². The number of benzene rings is 1. The molecule has 1 amide bonds. The van der Waals surface area contributed by atoms with Crippen LogP contribution >= 0.6 is 15.9 Å². The Kier molecular flexibility index (Phi) is 6.15. The molecular weight excluding hydrogens is 310 g/mol. The molecule has 0 spiro atoms. The van der Waals surface area contributed by atoms with Crippen LogP contribution in [-0.2, 0) is 0 Å². The maximum absolute atomic E-state index is 12.0. The molecule has 4 nitrogen and oxygen atoms in total. The summed E-state index contributed by atoms with van der Waals surface area (Å²) in [5.74, 6) is 1.05. The zero-order chi connectivity index (χ0) is 14.4. The van der Waals surface area contributed by atoms with Crippen molar-refractivity contribution in [2.75, 3.05) is 13.7 Å². The number of hydrogen-bond donors (Lipinski definition) is 1. The summed E-state index contributed by atoms with van der Waals surface area (Å²) >= 11 is 3.42. The Labute approximate surface area is 122 Å². The zero-order valence-corrected chi connectivity index (χ0v) is 13.3. The summed E-state index contributed by atoms with van der Waals surface area (Å²) in [4.78, 5) is 12.0. The Bertz CT molecular complexity index is 447. The van der Waals surface area contributed by atoms with Gasteiger partial charge in [-0.3, -0.25) is 4.79 Å². The Morgan fingerprint density at radius 1 is 1.42 bits per heavy atom. The maximum Gasteiger partial charge on any atom is 0.251 e. The van der Waals surface area contributed by atoms with Crippen molar-refractivity contribution in [2.45, 2.75) is 33.2 Å². The Hall–Kier alpha value is -1.23. The van der Waals surface area contributed by atoms with Gasteiger partial charge in [0, 0.05) is 11.6 Å². The lowest BCUT2D eigenvalue weighted by Gasteiger charge is -2.14. The van der Waals surface area contributed by atoms with Gasteiger partial charge in [-0.2, -0.15) is 0 Å². The van der Waals surface area contributed by atoms with E-state index in [1.807, 2.05) is 20.8 Å². The maximum atomic E-state index is 12.0. The number of hydrogen-bond acceptors (Lipinski definition) is 3. The highest BCUT2D eigenvalue weighted by molar-refractivity contribution is 9.10. The van der Waals surface area contributed by atoms with Crippen LogP contribution < -0.4 is 14.8 Å². The third-order valence-corrected chi connectivity index (χ3v) is 2.95. The Balaban J connectivity index is 3.04. The topological polar surface area (TPSA) is 47.6 Å². The summed E-state index contributed by atoms with van der Waals surface area (Å²) in [7, 11) is 1.56. The average molecular weight is 330 g/mol. The van der Waals surface area contributed by atoms with Gasteiger partial charge in [0.2, 0.25) is 0 Å². The first-order valence-corrected chi connectivity index (χ1v) is 7.10. The molecule has 0 heterocycles. The fourth-order valence-electron chi connectivity index (χ4n) is 1.54. The van der Waals surface area contributed by atoms with Gasteiger partial charge in [-0.25, -0.2) is 0 Å². The molecular formula is C14H20BrNO3. The summed E-state index contributed by atoms with van der Waals surface area (Å²) in [5, 5.41) is 2.84. The van der Waals surface area contributed by atoms with Gasteiger partial charge >= 0.3 is 0 Å². The number of methoxy groups -OCH3 is 1. The minimum atomic E-state index is -0.129. The molecule has 19 heavy (non-hydrogen) atoms. The number of nitrogens with one attached hydrogen (secondary N) is 1. The van der Waals surface area contributed by atoms with Gasteiger partial charge in [0.05, 0.1) is 18.2 Å². The molecule has 0 aliphatic heterocycles. The van der Waals surface area contributed by atoms with Crippen LogP contribution in [0.2, 0.25) is 0 Å². The van der Waals surface area contributed by atoms with Crippen molar-refractivity contribution in [3.05, 3.63) is 22.2 Å². The molecule has 0 aliphatic carbocycles. The van der Waals surface area contributed by atoms with Crippen molar-refractivity contribution in [1.29, 1.82) is 0 Å². The highest BCUT2D eigenvalue weighted by atomic mass is 79.9. The quantitative estimate of drug-likeness (QED) is 0.870. The van der Waals surface area contributed by atoms with E-state index >= 15 is 0 Å². The third-order valence-electron chi connectivity index (χ3n) is 2.36. The molecule has 0 saturated carbocycles. The largest absolute Gasteiger partial charge is 0.493 e. The lowest BCUT2D eigenvalue weighted by Crippen LogP contribution is -2.30. The van der Waals surface area contributed by atoms with Crippen LogP contribution in [0.4, 0.5) is 0 Å². The number of rotatable bonds is 6. The van der Waals surface area contributed by atoms with Gasteiger partial charge in [0.15, 0.2) is 11.5 Å². The number of ether oxygens (including phenoxy) is 2. The van der Waals surface area contributed by atoms with E-state index in [0.717, 1.165) is 6.42 Å². The summed E-state index contributed by atoms with van der Waals surface area (Å²) in [6.45, 7) is 6.48. The third kappa shape index (κ3) is 4.42. The first kappa shape index (κ1) is 15.8. The molecule has 1 rings (SSSR count). The van der Waals surface area contributed by atoms with E-state index in [1.54, 1.807) is 19.2 Å². The summed E-state index contributed by atoms with van der Waals surface area (Å²) < 4.78 is 11.6. The second-order valence-electron chi connectivity index (χ2n) is 4.47. The van der Waals surface area contributed by atoms with Crippen LogP contribution in [0.1, 0.15) is 37.6 Å². The van der Waals surface area contributed by atoms with E-state index in [0.29, 0.717) is 28.1 Å². The predicted molar refractivity (Wildman–Crippen MR) is 79.1 cm³/mol. The molecule has 1 aromatic carbocycles. The highest BCUT2D eigenvalue weighted by Crippen LogP contribution is 2.36. The second-order valence-corrected chi connectivity index (χ2v) is 5.32. The lowest BCUT2D eigenvalue weighted by atomic mass is 10.1. The van der Waals surface area contributed by atoms with Crippen LogP contribution in [0, 0.1) is 0 Å². The smallest absolute Gasteiger partial charge is 0.251 e. The standard InChI is InChI=1S/C14H20BrNO3/c1-5-6-19-13-11(15)7-10(8-12(13)18-4)14(17)16-9(2)3/h7-9H,5-6H2,1-4H3,(H,16,17). The summed E-state index contributed by atoms with van der Waals surface area (Å²) in [6, 6.07) is 3.52. The molecule has 1 aromatic rings. The molecule has 1 N–H and O–H groups in total. The molecule has 0 atom stereocenters. The van der Waals surface area contributed by atoms with Crippen LogP contribution in [0.5, 0.6) is 11.5 Å². The highest BCUT2D eigenvalue weighted by Gasteiger charge is 2.15. The van der Waals surface area contributed by atoms with Crippen molar-refractivity contribution in [3.63, 3.8) is 0 Å². The molecule has 0 unspecified atom stereocenters. The van der Waals surface area contributed by atoms with Crippen LogP contribution in [0.3, 0.4) is 0 Å². The lowest BCUT2D eigenvalue weighted by molar-refractivity contribution is 0.0942. The van der Waals surface area contributed by atoms with Crippen molar-refractivity contribution in [3.8, 4) is 11.5 Å². The van der Waals surface area contributed by atoms with Gasteiger partial charge in [0.25, 0.3) is 5.91 Å². The van der Waals surface area contributed by atoms with Crippen LogP contribution in [-0.4, -0.2) is 25.7 Å². The van der Waals surface area contributed by atoms with Crippen molar-refractivity contribution < 1.29 is 14.3 Å². The minimum Gasteiger partial charge on any atom is -0.493 e. The normalized spacial score (nSPS) is 10.4. The molecule has 0 saturated heterocycles. The number of carbonyl (C=O) groups excluding carboxylic acids is 1. The van der Waals surface area contributed by atoms with E-state index in [9.17, 15) is 4.79 Å². The van der Waals surface area contributed by atoms with Crippen molar-refractivity contribution in [2.24, 2.45) is 0 Å². The van der Waals surface area contributed by atoms with Crippen molar-refractivity contribution >= 4 is 21.8 Å². The van der Waals surface area contributed by atoms with E-state index in [1.165, 1.54) is 0 Å². The average Bonchev–Trinajstić information content (AvgIpc) is 2.35. The van der Waals surface area contributed by atoms with Gasteiger partial charge in [-0.15, -0.1) is 0 Å². The molecule has 106 valence electrons. The number of amides is 1. The second kappa shape index (κ2) is 7.38. The monoisotopic (exact) mass is 329 g/mol. The molecule has 0 aromatic heterocycles. The fraction of sp³-hybridized carbons (Fsp3) is 0.500. The minimum absolute atomic E-state index is 0.0910. The number of halogens is 1. The van der Waals surface area contributed by atoms with Crippen LogP contribution in [0.25, 0.3) is 0 Å². The Morgan fingerprint density at radius 2 is 2.11 bits per heavy atom.